The van der Waals surface area contributed by atoms with E-state index in [-0.39, 0.29) is 6.03 Å². The van der Waals surface area contributed by atoms with Gasteiger partial charge in [-0.15, -0.1) is 0 Å². The Balaban J connectivity index is 2.66. The van der Waals surface area contributed by atoms with E-state index in [1.807, 2.05) is 20.8 Å². The van der Waals surface area contributed by atoms with Crippen LogP contribution in [0.5, 0.6) is 0 Å². The van der Waals surface area contributed by atoms with Gasteiger partial charge < -0.3 is 14.7 Å². The first-order valence-corrected chi connectivity index (χ1v) is 4.97. The van der Waals surface area contributed by atoms with E-state index in [0.717, 1.165) is 17.0 Å². The predicted molar refractivity (Wildman–Crippen MR) is 56.5 cm³/mol. The molecule has 5 heteroatoms. The molecule has 2 amide bonds. The highest BCUT2D eigenvalue weighted by Gasteiger charge is 2.14. The van der Waals surface area contributed by atoms with Crippen LogP contribution in [0.15, 0.2) is 4.52 Å². The molecule has 0 saturated heterocycles. The van der Waals surface area contributed by atoms with Crippen LogP contribution >= 0.6 is 0 Å². The maximum atomic E-state index is 11.5. The van der Waals surface area contributed by atoms with Crippen LogP contribution in [0.3, 0.4) is 0 Å². The molecule has 15 heavy (non-hydrogen) atoms. The highest BCUT2D eigenvalue weighted by atomic mass is 16.5. The van der Waals surface area contributed by atoms with Crippen molar-refractivity contribution >= 4 is 6.03 Å². The maximum absolute atomic E-state index is 11.5. The van der Waals surface area contributed by atoms with Crippen molar-refractivity contribution in [1.29, 1.82) is 0 Å². The van der Waals surface area contributed by atoms with Crippen LogP contribution in [0.1, 0.15) is 23.9 Å². The number of nitrogens with zero attached hydrogens (tertiary/aromatic N) is 2. The third-order valence-corrected chi connectivity index (χ3v) is 2.25. The van der Waals surface area contributed by atoms with Gasteiger partial charge >= 0.3 is 6.03 Å². The molecule has 0 atom stereocenters. The monoisotopic (exact) mass is 211 g/mol. The number of aryl methyl sites for hydroxylation is 2. The van der Waals surface area contributed by atoms with Gasteiger partial charge in [-0.1, -0.05) is 5.16 Å². The SMILES string of the molecule is CCNC(=O)N(C)Cc1c(C)noc1C. The molecule has 0 aromatic carbocycles. The van der Waals surface area contributed by atoms with Crippen molar-refractivity contribution in [3.8, 4) is 0 Å². The molecule has 0 aliphatic heterocycles. The van der Waals surface area contributed by atoms with Crippen LogP contribution in [0.4, 0.5) is 4.79 Å². The largest absolute Gasteiger partial charge is 0.361 e. The van der Waals surface area contributed by atoms with Crippen LogP contribution in [-0.4, -0.2) is 29.7 Å². The summed E-state index contributed by atoms with van der Waals surface area (Å²) in [6, 6.07) is -0.0856. The van der Waals surface area contributed by atoms with Crippen LogP contribution < -0.4 is 5.32 Å². The number of nitrogens with one attached hydrogen (secondary N) is 1. The molecule has 0 radical (unpaired) electrons. The lowest BCUT2D eigenvalue weighted by Crippen LogP contribution is -2.36. The first-order valence-electron chi connectivity index (χ1n) is 4.97. The van der Waals surface area contributed by atoms with Crippen LogP contribution in [0.2, 0.25) is 0 Å². The zero-order chi connectivity index (χ0) is 11.4. The summed E-state index contributed by atoms with van der Waals surface area (Å²) < 4.78 is 5.03. The van der Waals surface area contributed by atoms with Gasteiger partial charge in [0.1, 0.15) is 5.76 Å². The highest BCUT2D eigenvalue weighted by Crippen LogP contribution is 2.13. The Kier molecular flexibility index (Phi) is 3.71. The molecule has 1 N–H and O–H groups in total. The molecule has 0 aliphatic rings. The third kappa shape index (κ3) is 2.71. The van der Waals surface area contributed by atoms with Crippen molar-refractivity contribution < 1.29 is 9.32 Å². The van der Waals surface area contributed by atoms with Crippen molar-refractivity contribution in [2.75, 3.05) is 13.6 Å². The Hall–Kier alpha value is -1.52. The molecule has 5 nitrogen and oxygen atoms in total. The van der Waals surface area contributed by atoms with Gasteiger partial charge in [-0.25, -0.2) is 4.79 Å². The lowest BCUT2D eigenvalue weighted by molar-refractivity contribution is 0.207. The van der Waals surface area contributed by atoms with Gasteiger partial charge in [0, 0.05) is 19.2 Å². The lowest BCUT2D eigenvalue weighted by Gasteiger charge is -2.16. The van der Waals surface area contributed by atoms with Crippen LogP contribution in [0.25, 0.3) is 0 Å². The second-order valence-electron chi connectivity index (χ2n) is 3.49. The molecule has 0 fully saturated rings. The first-order chi connectivity index (χ1) is 7.06. The fourth-order valence-electron chi connectivity index (χ4n) is 1.32. The van der Waals surface area contributed by atoms with E-state index in [2.05, 4.69) is 10.5 Å². The standard InChI is InChI=1S/C10H17N3O2/c1-5-11-10(14)13(4)6-9-7(2)12-15-8(9)3/h5-6H2,1-4H3,(H,11,14). The van der Waals surface area contributed by atoms with Gasteiger partial charge in [0.25, 0.3) is 0 Å². The number of amides is 2. The summed E-state index contributed by atoms with van der Waals surface area (Å²) in [6.45, 7) is 6.76. The molecule has 0 unspecified atom stereocenters. The minimum atomic E-state index is -0.0856. The van der Waals surface area contributed by atoms with Crippen molar-refractivity contribution in [2.24, 2.45) is 0 Å². The van der Waals surface area contributed by atoms with Crippen molar-refractivity contribution in [1.82, 2.24) is 15.4 Å². The average Bonchev–Trinajstić information content (AvgIpc) is 2.49. The van der Waals surface area contributed by atoms with E-state index in [9.17, 15) is 4.79 Å². The molecule has 1 aromatic heterocycles. The first kappa shape index (κ1) is 11.6. The van der Waals surface area contributed by atoms with Gasteiger partial charge in [0.2, 0.25) is 0 Å². The highest BCUT2D eigenvalue weighted by molar-refractivity contribution is 5.73. The lowest BCUT2D eigenvalue weighted by atomic mass is 10.2. The summed E-state index contributed by atoms with van der Waals surface area (Å²) in [5, 5.41) is 6.57. The Morgan fingerprint density at radius 3 is 2.67 bits per heavy atom. The fourth-order valence-corrected chi connectivity index (χ4v) is 1.32. The maximum Gasteiger partial charge on any atom is 0.317 e. The Bertz CT molecular complexity index is 327. The normalized spacial score (nSPS) is 10.1. The number of carbonyl (C=O) groups excluding carboxylic acids is 1. The van der Waals surface area contributed by atoms with Crippen LogP contribution in [0, 0.1) is 13.8 Å². The van der Waals surface area contributed by atoms with Gasteiger partial charge in [-0.05, 0) is 20.8 Å². The average molecular weight is 211 g/mol. The minimum absolute atomic E-state index is 0.0856. The van der Waals surface area contributed by atoms with Crippen molar-refractivity contribution in [3.05, 3.63) is 17.0 Å². The zero-order valence-corrected chi connectivity index (χ0v) is 9.63. The second-order valence-corrected chi connectivity index (χ2v) is 3.49. The molecular weight excluding hydrogens is 194 g/mol. The Labute approximate surface area is 89.4 Å². The molecule has 1 aromatic rings. The zero-order valence-electron chi connectivity index (χ0n) is 9.63. The van der Waals surface area contributed by atoms with Crippen molar-refractivity contribution in [2.45, 2.75) is 27.3 Å². The molecule has 1 heterocycles. The predicted octanol–water partition coefficient (Wildman–Crippen LogP) is 1.45. The van der Waals surface area contributed by atoms with Gasteiger partial charge in [-0.2, -0.15) is 0 Å². The second kappa shape index (κ2) is 4.82. The van der Waals surface area contributed by atoms with E-state index in [0.29, 0.717) is 13.1 Å². The molecule has 84 valence electrons. The van der Waals surface area contributed by atoms with E-state index in [1.54, 1.807) is 11.9 Å². The molecule has 0 saturated carbocycles. The molecule has 0 bridgehead atoms. The number of urea groups is 1. The molecular formula is C10H17N3O2. The van der Waals surface area contributed by atoms with E-state index in [1.165, 1.54) is 0 Å². The number of hydrogen-bond donors (Lipinski definition) is 1. The summed E-state index contributed by atoms with van der Waals surface area (Å²) in [6.07, 6.45) is 0. The molecule has 0 spiro atoms. The van der Waals surface area contributed by atoms with E-state index < -0.39 is 0 Å². The number of carbonyl (C=O) groups is 1. The van der Waals surface area contributed by atoms with Gasteiger partial charge in [0.05, 0.1) is 12.2 Å². The summed E-state index contributed by atoms with van der Waals surface area (Å²) in [5.41, 5.74) is 1.81. The minimum Gasteiger partial charge on any atom is -0.361 e. The smallest absolute Gasteiger partial charge is 0.317 e. The van der Waals surface area contributed by atoms with Gasteiger partial charge in [-0.3, -0.25) is 0 Å². The van der Waals surface area contributed by atoms with Crippen LogP contribution in [-0.2, 0) is 6.54 Å². The third-order valence-electron chi connectivity index (χ3n) is 2.25. The summed E-state index contributed by atoms with van der Waals surface area (Å²) in [5.74, 6) is 0.767. The Morgan fingerprint density at radius 1 is 1.53 bits per heavy atom. The Morgan fingerprint density at radius 2 is 2.20 bits per heavy atom. The quantitative estimate of drug-likeness (QED) is 0.823. The molecule has 0 aliphatic carbocycles. The van der Waals surface area contributed by atoms with E-state index >= 15 is 0 Å². The number of hydrogen-bond acceptors (Lipinski definition) is 3. The molecule has 1 rings (SSSR count). The fraction of sp³-hybridized carbons (Fsp3) is 0.600. The number of aromatic nitrogens is 1. The number of rotatable bonds is 3. The summed E-state index contributed by atoms with van der Waals surface area (Å²) in [4.78, 5) is 13.1. The summed E-state index contributed by atoms with van der Waals surface area (Å²) >= 11 is 0. The van der Waals surface area contributed by atoms with E-state index in [4.69, 9.17) is 4.52 Å². The van der Waals surface area contributed by atoms with Gasteiger partial charge in [0.15, 0.2) is 0 Å². The topological polar surface area (TPSA) is 58.4 Å². The summed E-state index contributed by atoms with van der Waals surface area (Å²) in [7, 11) is 1.75. The van der Waals surface area contributed by atoms with Crippen molar-refractivity contribution in [3.63, 3.8) is 0 Å².